The van der Waals surface area contributed by atoms with Crippen molar-refractivity contribution in [2.24, 2.45) is 0 Å². The summed E-state index contributed by atoms with van der Waals surface area (Å²) in [5.41, 5.74) is 2.16. The summed E-state index contributed by atoms with van der Waals surface area (Å²) in [5, 5.41) is 5.05. The Labute approximate surface area is 173 Å². The summed E-state index contributed by atoms with van der Waals surface area (Å²) in [4.78, 5) is 39.6. The highest BCUT2D eigenvalue weighted by molar-refractivity contribution is 6.02. The summed E-state index contributed by atoms with van der Waals surface area (Å²) in [6.45, 7) is 3.07. The Kier molecular flexibility index (Phi) is 5.61. The van der Waals surface area contributed by atoms with E-state index in [4.69, 9.17) is 4.74 Å². The van der Waals surface area contributed by atoms with Crippen molar-refractivity contribution < 1.29 is 14.3 Å². The number of hydrogen-bond donors (Lipinski definition) is 0. The zero-order chi connectivity index (χ0) is 21.1. The summed E-state index contributed by atoms with van der Waals surface area (Å²) >= 11 is 0. The van der Waals surface area contributed by atoms with E-state index in [1.165, 1.54) is 10.2 Å². The first-order valence-corrected chi connectivity index (χ1v) is 10.1. The summed E-state index contributed by atoms with van der Waals surface area (Å²) in [6, 6.07) is 14.8. The smallest absolute Gasteiger partial charge is 0.359 e. The zero-order valence-electron chi connectivity index (χ0n) is 16.8. The van der Waals surface area contributed by atoms with E-state index in [2.05, 4.69) is 11.2 Å². The molecule has 7 nitrogen and oxygen atoms in total. The van der Waals surface area contributed by atoms with Gasteiger partial charge in [-0.15, -0.1) is 0 Å². The van der Waals surface area contributed by atoms with Gasteiger partial charge < -0.3 is 9.64 Å². The van der Waals surface area contributed by atoms with Gasteiger partial charge in [0.2, 0.25) is 0 Å². The van der Waals surface area contributed by atoms with Gasteiger partial charge in [-0.05, 0) is 30.0 Å². The van der Waals surface area contributed by atoms with Gasteiger partial charge in [0.1, 0.15) is 0 Å². The summed E-state index contributed by atoms with van der Waals surface area (Å²) in [5.74, 6) is -0.953. The molecule has 0 radical (unpaired) electrons. The molecule has 0 spiro atoms. The third-order valence-corrected chi connectivity index (χ3v) is 5.31. The van der Waals surface area contributed by atoms with Crippen molar-refractivity contribution in [3.05, 3.63) is 75.7 Å². The van der Waals surface area contributed by atoms with E-state index < -0.39 is 5.97 Å². The van der Waals surface area contributed by atoms with Gasteiger partial charge in [0.05, 0.1) is 5.39 Å². The Hall–Kier alpha value is -3.48. The molecule has 1 aliphatic heterocycles. The van der Waals surface area contributed by atoms with E-state index in [1.54, 1.807) is 29.2 Å². The molecule has 7 heteroatoms. The van der Waals surface area contributed by atoms with Gasteiger partial charge in [-0.25, -0.2) is 9.48 Å². The minimum atomic E-state index is -0.707. The number of nitrogens with zero attached hydrogens (tertiary/aromatic N) is 3. The van der Waals surface area contributed by atoms with Crippen LogP contribution in [-0.2, 0) is 29.0 Å². The lowest BCUT2D eigenvalue weighted by Gasteiger charge is -2.28. The Bertz CT molecular complexity index is 1170. The average Bonchev–Trinajstić information content (AvgIpc) is 2.79. The highest BCUT2D eigenvalue weighted by Gasteiger charge is 2.23. The largest absolute Gasteiger partial charge is 0.451 e. The van der Waals surface area contributed by atoms with Crippen molar-refractivity contribution in [2.45, 2.75) is 32.9 Å². The van der Waals surface area contributed by atoms with Crippen LogP contribution in [0, 0.1) is 0 Å². The highest BCUT2D eigenvalue weighted by atomic mass is 16.5. The van der Waals surface area contributed by atoms with Gasteiger partial charge in [-0.1, -0.05) is 49.4 Å². The van der Waals surface area contributed by atoms with Crippen molar-refractivity contribution >= 4 is 22.6 Å². The normalized spacial score (nSPS) is 13.2. The molecule has 1 aromatic heterocycles. The molecule has 0 bridgehead atoms. The Balaban J connectivity index is 1.51. The van der Waals surface area contributed by atoms with E-state index in [-0.39, 0.29) is 23.8 Å². The highest BCUT2D eigenvalue weighted by Crippen LogP contribution is 2.19. The fourth-order valence-corrected chi connectivity index (χ4v) is 3.74. The first-order valence-electron chi connectivity index (χ1n) is 10.1. The molecule has 0 saturated carbocycles. The van der Waals surface area contributed by atoms with Crippen molar-refractivity contribution in [2.75, 3.05) is 13.2 Å². The van der Waals surface area contributed by atoms with E-state index in [0.29, 0.717) is 36.8 Å². The number of benzene rings is 2. The predicted octanol–water partition coefficient (Wildman–Crippen LogP) is 2.55. The zero-order valence-corrected chi connectivity index (χ0v) is 16.8. The Morgan fingerprint density at radius 3 is 2.50 bits per heavy atom. The molecule has 1 aliphatic rings. The van der Waals surface area contributed by atoms with Crippen molar-refractivity contribution in [1.29, 1.82) is 0 Å². The van der Waals surface area contributed by atoms with Gasteiger partial charge in [-0.2, -0.15) is 5.10 Å². The van der Waals surface area contributed by atoms with E-state index in [0.717, 1.165) is 12.0 Å². The fourth-order valence-electron chi connectivity index (χ4n) is 3.74. The lowest BCUT2D eigenvalue weighted by atomic mass is 10.00. The van der Waals surface area contributed by atoms with Crippen LogP contribution in [0.25, 0.3) is 10.8 Å². The molecule has 30 heavy (non-hydrogen) atoms. The third kappa shape index (κ3) is 3.83. The quantitative estimate of drug-likeness (QED) is 0.610. The van der Waals surface area contributed by atoms with E-state index in [1.807, 2.05) is 25.1 Å². The van der Waals surface area contributed by atoms with Crippen LogP contribution in [0.2, 0.25) is 0 Å². The number of fused-ring (bicyclic) bond motifs is 2. The molecule has 3 aromatic rings. The second-order valence-corrected chi connectivity index (χ2v) is 7.33. The van der Waals surface area contributed by atoms with Crippen LogP contribution in [0.4, 0.5) is 0 Å². The molecule has 0 atom stereocenters. The van der Waals surface area contributed by atoms with Gasteiger partial charge in [0.25, 0.3) is 11.5 Å². The summed E-state index contributed by atoms with van der Waals surface area (Å²) in [7, 11) is 0. The van der Waals surface area contributed by atoms with Gasteiger partial charge in [0, 0.05) is 25.0 Å². The number of carbonyl (C=O) groups is 2. The second kappa shape index (κ2) is 8.49. The van der Waals surface area contributed by atoms with Crippen LogP contribution < -0.4 is 5.56 Å². The molecule has 2 aromatic carbocycles. The second-order valence-electron chi connectivity index (χ2n) is 7.33. The number of rotatable bonds is 5. The van der Waals surface area contributed by atoms with Gasteiger partial charge in [-0.3, -0.25) is 9.59 Å². The minimum absolute atomic E-state index is 0.0513. The maximum atomic E-state index is 12.7. The number of hydrogen-bond acceptors (Lipinski definition) is 5. The summed E-state index contributed by atoms with van der Waals surface area (Å²) < 4.78 is 6.58. The van der Waals surface area contributed by atoms with Gasteiger partial charge in [0.15, 0.2) is 12.3 Å². The van der Waals surface area contributed by atoms with Crippen LogP contribution in [0.1, 0.15) is 35.0 Å². The maximum absolute atomic E-state index is 12.7. The molecule has 0 fully saturated rings. The Morgan fingerprint density at radius 2 is 1.73 bits per heavy atom. The Morgan fingerprint density at radius 1 is 1.03 bits per heavy atom. The number of amides is 1. The van der Waals surface area contributed by atoms with Gasteiger partial charge >= 0.3 is 5.97 Å². The van der Waals surface area contributed by atoms with Crippen molar-refractivity contribution in [1.82, 2.24) is 14.7 Å². The topological polar surface area (TPSA) is 81.5 Å². The monoisotopic (exact) mass is 405 g/mol. The molecular weight excluding hydrogens is 382 g/mol. The lowest BCUT2D eigenvalue weighted by molar-refractivity contribution is -0.135. The SMILES string of the molecule is CCCn1nc(C(=O)OCC(=O)N2CCc3ccccc3C2)c2ccccc2c1=O. The molecule has 4 rings (SSSR count). The number of carbonyl (C=O) groups excluding carboxylic acids is 2. The third-order valence-electron chi connectivity index (χ3n) is 5.31. The number of esters is 1. The average molecular weight is 405 g/mol. The molecule has 0 unspecified atom stereocenters. The fraction of sp³-hybridized carbons (Fsp3) is 0.304. The minimum Gasteiger partial charge on any atom is -0.451 e. The molecule has 1 amide bonds. The molecular formula is C23H23N3O4. The predicted molar refractivity (Wildman–Crippen MR) is 112 cm³/mol. The first kappa shape index (κ1) is 19.8. The molecule has 154 valence electrons. The van der Waals surface area contributed by atoms with Crippen LogP contribution in [0.5, 0.6) is 0 Å². The molecule has 0 N–H and O–H groups in total. The standard InChI is InChI=1S/C23H23N3O4/c1-2-12-26-22(28)19-10-6-5-9-18(19)21(24-26)23(29)30-15-20(27)25-13-11-16-7-3-4-8-17(16)14-25/h3-10H,2,11-15H2,1H3. The number of ether oxygens (including phenoxy) is 1. The van der Waals surface area contributed by atoms with Crippen LogP contribution in [0.3, 0.4) is 0 Å². The van der Waals surface area contributed by atoms with Crippen LogP contribution in [-0.4, -0.2) is 39.7 Å². The number of aromatic nitrogens is 2. The molecule has 0 aliphatic carbocycles. The molecule has 2 heterocycles. The molecule has 0 saturated heterocycles. The maximum Gasteiger partial charge on any atom is 0.359 e. The van der Waals surface area contributed by atoms with E-state index >= 15 is 0 Å². The lowest BCUT2D eigenvalue weighted by Crippen LogP contribution is -2.38. The van der Waals surface area contributed by atoms with Crippen molar-refractivity contribution in [3.8, 4) is 0 Å². The van der Waals surface area contributed by atoms with Crippen LogP contribution >= 0.6 is 0 Å². The van der Waals surface area contributed by atoms with Crippen molar-refractivity contribution in [3.63, 3.8) is 0 Å². The van der Waals surface area contributed by atoms with Crippen LogP contribution in [0.15, 0.2) is 53.3 Å². The first-order chi connectivity index (χ1) is 14.6. The summed E-state index contributed by atoms with van der Waals surface area (Å²) in [6.07, 6.45) is 1.48. The van der Waals surface area contributed by atoms with E-state index in [9.17, 15) is 14.4 Å². The number of aryl methyl sites for hydroxylation is 1.